The summed E-state index contributed by atoms with van der Waals surface area (Å²) in [7, 11) is 0. The summed E-state index contributed by atoms with van der Waals surface area (Å²) in [5.74, 6) is 0. The van der Waals surface area contributed by atoms with Crippen molar-refractivity contribution >= 4 is 51.7 Å². The van der Waals surface area contributed by atoms with Crippen LogP contribution in [0.3, 0.4) is 0 Å². The second-order valence-electron chi connectivity index (χ2n) is 7.34. The Hall–Kier alpha value is -4.13. The molecule has 0 unspecified atom stereocenters. The maximum absolute atomic E-state index is 10.2. The van der Waals surface area contributed by atoms with Crippen molar-refractivity contribution in [2.75, 3.05) is 10.9 Å². The van der Waals surface area contributed by atoms with Crippen LogP contribution >= 0.6 is 23.2 Å². The molecule has 8 heteroatoms. The van der Waals surface area contributed by atoms with E-state index in [9.17, 15) is 5.21 Å². The molecule has 0 fully saturated rings. The van der Waals surface area contributed by atoms with Gasteiger partial charge in [-0.05, 0) is 48.5 Å². The van der Waals surface area contributed by atoms with E-state index in [0.717, 1.165) is 22.5 Å². The molecule has 6 nitrogen and oxygen atoms in total. The molecule has 4 aromatic carbocycles. The predicted octanol–water partition coefficient (Wildman–Crippen LogP) is 7.16. The standard InChI is InChI=1S/C27H21Cl2N5O/c28-21-11-15-23(16-12-21)30-32-25(19-7-3-1-4-8-19)27(34-35)26(20-9-5-2-6-10-20)33-31-24-17-13-22(29)14-18-24/h1-18,30-31,35H/b32-25-,33-26-. The van der Waals surface area contributed by atoms with E-state index in [-0.39, 0.29) is 5.71 Å². The van der Waals surface area contributed by atoms with E-state index in [1.54, 1.807) is 48.5 Å². The topological polar surface area (TPSA) is 81.4 Å². The summed E-state index contributed by atoms with van der Waals surface area (Å²) < 4.78 is 0. The maximum atomic E-state index is 10.2. The Balaban J connectivity index is 1.78. The first-order chi connectivity index (χ1) is 17.1. The molecular weight excluding hydrogens is 481 g/mol. The van der Waals surface area contributed by atoms with Gasteiger partial charge in [-0.25, -0.2) is 0 Å². The lowest BCUT2D eigenvalue weighted by Crippen LogP contribution is -2.28. The van der Waals surface area contributed by atoms with Gasteiger partial charge in [0.1, 0.15) is 11.4 Å². The third-order valence-corrected chi connectivity index (χ3v) is 5.43. The van der Waals surface area contributed by atoms with Gasteiger partial charge in [0, 0.05) is 21.2 Å². The van der Waals surface area contributed by atoms with Crippen molar-refractivity contribution in [3.8, 4) is 0 Å². The SMILES string of the molecule is ON=C(/C(=N\Nc1ccc(Cl)cc1)c1ccccc1)/C(=N\Nc1ccc(Cl)cc1)c1ccccc1. The van der Waals surface area contributed by atoms with E-state index in [1.807, 2.05) is 60.7 Å². The molecule has 0 saturated carbocycles. The number of oxime groups is 1. The van der Waals surface area contributed by atoms with Crippen LogP contribution in [0.25, 0.3) is 0 Å². The van der Waals surface area contributed by atoms with Crippen molar-refractivity contribution in [3.63, 3.8) is 0 Å². The number of hydrazone groups is 2. The molecule has 4 aromatic rings. The monoisotopic (exact) mass is 501 g/mol. The van der Waals surface area contributed by atoms with Gasteiger partial charge < -0.3 is 5.21 Å². The number of halogens is 2. The van der Waals surface area contributed by atoms with Gasteiger partial charge in [0.25, 0.3) is 0 Å². The fourth-order valence-electron chi connectivity index (χ4n) is 3.20. The van der Waals surface area contributed by atoms with Crippen LogP contribution in [0.15, 0.2) is 125 Å². The van der Waals surface area contributed by atoms with E-state index in [4.69, 9.17) is 23.2 Å². The number of nitrogens with one attached hydrogen (secondary N) is 2. The predicted molar refractivity (Wildman–Crippen MR) is 145 cm³/mol. The van der Waals surface area contributed by atoms with E-state index in [0.29, 0.717) is 21.5 Å². The highest BCUT2D eigenvalue weighted by Gasteiger charge is 2.21. The summed E-state index contributed by atoms with van der Waals surface area (Å²) >= 11 is 12.0. The van der Waals surface area contributed by atoms with Crippen LogP contribution in [0, 0.1) is 0 Å². The molecule has 0 spiro atoms. The minimum absolute atomic E-state index is 0.172. The molecular formula is C27H21Cl2N5O. The third kappa shape index (κ3) is 6.47. The van der Waals surface area contributed by atoms with Crippen molar-refractivity contribution in [1.29, 1.82) is 0 Å². The highest BCUT2D eigenvalue weighted by atomic mass is 35.5. The Morgan fingerprint density at radius 2 is 0.914 bits per heavy atom. The van der Waals surface area contributed by atoms with Crippen LogP contribution in [-0.2, 0) is 0 Å². The molecule has 0 heterocycles. The lowest BCUT2D eigenvalue weighted by molar-refractivity contribution is 0.321. The average Bonchev–Trinajstić information content (AvgIpc) is 2.91. The van der Waals surface area contributed by atoms with Crippen LogP contribution < -0.4 is 10.9 Å². The Morgan fingerprint density at radius 1 is 0.543 bits per heavy atom. The van der Waals surface area contributed by atoms with Crippen molar-refractivity contribution in [2.24, 2.45) is 15.4 Å². The molecule has 0 amide bonds. The number of anilines is 2. The molecule has 0 aliphatic rings. The van der Waals surface area contributed by atoms with E-state index >= 15 is 0 Å². The molecule has 0 bridgehead atoms. The molecule has 0 saturated heterocycles. The highest BCUT2D eigenvalue weighted by Crippen LogP contribution is 2.17. The second kappa shape index (κ2) is 11.8. The van der Waals surface area contributed by atoms with Crippen molar-refractivity contribution in [3.05, 3.63) is 130 Å². The summed E-state index contributed by atoms with van der Waals surface area (Å²) in [5, 5.41) is 24.2. The summed E-state index contributed by atoms with van der Waals surface area (Å²) in [6.45, 7) is 0. The Morgan fingerprint density at radius 3 is 1.26 bits per heavy atom. The number of hydrogen-bond acceptors (Lipinski definition) is 6. The fourth-order valence-corrected chi connectivity index (χ4v) is 3.45. The highest BCUT2D eigenvalue weighted by molar-refractivity contribution is 6.74. The summed E-state index contributed by atoms with van der Waals surface area (Å²) in [5.41, 5.74) is 9.90. The molecule has 0 atom stereocenters. The molecule has 174 valence electrons. The lowest BCUT2D eigenvalue weighted by Gasteiger charge is -2.13. The average molecular weight is 502 g/mol. The fraction of sp³-hybridized carbons (Fsp3) is 0. The van der Waals surface area contributed by atoms with Crippen molar-refractivity contribution in [1.82, 2.24) is 0 Å². The third-order valence-electron chi connectivity index (χ3n) is 4.93. The molecule has 0 aliphatic carbocycles. The summed E-state index contributed by atoms with van der Waals surface area (Å²) in [6, 6.07) is 33.1. The van der Waals surface area contributed by atoms with Crippen molar-refractivity contribution in [2.45, 2.75) is 0 Å². The van der Waals surface area contributed by atoms with Crippen LogP contribution in [0.5, 0.6) is 0 Å². The zero-order valence-corrected chi connectivity index (χ0v) is 19.9. The van der Waals surface area contributed by atoms with E-state index in [1.165, 1.54) is 0 Å². The smallest absolute Gasteiger partial charge is 0.158 e. The number of rotatable bonds is 8. The molecule has 4 rings (SSSR count). The first-order valence-corrected chi connectivity index (χ1v) is 11.4. The number of hydrogen-bond donors (Lipinski definition) is 3. The molecule has 0 radical (unpaired) electrons. The first-order valence-electron chi connectivity index (χ1n) is 10.7. The Bertz CT molecular complexity index is 1240. The van der Waals surface area contributed by atoms with Gasteiger partial charge in [-0.3, -0.25) is 10.9 Å². The number of benzene rings is 4. The van der Waals surface area contributed by atoms with Gasteiger partial charge in [0.2, 0.25) is 0 Å². The van der Waals surface area contributed by atoms with E-state index < -0.39 is 0 Å². The second-order valence-corrected chi connectivity index (χ2v) is 8.21. The van der Waals surface area contributed by atoms with Crippen LogP contribution in [0.2, 0.25) is 10.0 Å². The van der Waals surface area contributed by atoms with Crippen LogP contribution in [0.4, 0.5) is 11.4 Å². The lowest BCUT2D eigenvalue weighted by atomic mass is 9.98. The van der Waals surface area contributed by atoms with Crippen LogP contribution in [0.1, 0.15) is 11.1 Å². The van der Waals surface area contributed by atoms with Gasteiger partial charge in [0.15, 0.2) is 5.71 Å². The first kappa shape index (κ1) is 24.0. The summed E-state index contributed by atoms with van der Waals surface area (Å²) in [6.07, 6.45) is 0. The quantitative estimate of drug-likeness (QED) is 0.136. The van der Waals surface area contributed by atoms with Gasteiger partial charge >= 0.3 is 0 Å². The Kier molecular flexibility index (Phi) is 8.12. The van der Waals surface area contributed by atoms with Crippen molar-refractivity contribution < 1.29 is 5.21 Å². The largest absolute Gasteiger partial charge is 0.410 e. The van der Waals surface area contributed by atoms with E-state index in [2.05, 4.69) is 26.2 Å². The zero-order valence-electron chi connectivity index (χ0n) is 18.4. The zero-order chi connectivity index (χ0) is 24.5. The Labute approximate surface area is 213 Å². The summed E-state index contributed by atoms with van der Waals surface area (Å²) in [4.78, 5) is 0. The minimum Gasteiger partial charge on any atom is -0.410 e. The van der Waals surface area contributed by atoms with Gasteiger partial charge in [0.05, 0.1) is 11.4 Å². The molecule has 3 N–H and O–H groups in total. The van der Waals surface area contributed by atoms with Crippen LogP contribution in [-0.4, -0.2) is 22.3 Å². The van der Waals surface area contributed by atoms with Gasteiger partial charge in [-0.2, -0.15) is 10.2 Å². The van der Waals surface area contributed by atoms with Gasteiger partial charge in [-0.15, -0.1) is 0 Å². The molecule has 0 aromatic heterocycles. The molecule has 0 aliphatic heterocycles. The minimum atomic E-state index is 0.172. The van der Waals surface area contributed by atoms with Gasteiger partial charge in [-0.1, -0.05) is 89.0 Å². The maximum Gasteiger partial charge on any atom is 0.158 e. The molecule has 35 heavy (non-hydrogen) atoms. The number of nitrogens with zero attached hydrogens (tertiary/aromatic N) is 3. The normalized spacial score (nSPS) is 11.6.